The van der Waals surface area contributed by atoms with E-state index in [1.807, 2.05) is 0 Å². The standard InChI is InChI=1S/C13H19N3O2/c17-13(15-12-7-8-18-16-12)11-6-5-9-3-1-2-4-10(9)14-11/h7-11,14H,1-6H2,(H,15,16,17). The summed E-state index contributed by atoms with van der Waals surface area (Å²) in [6.07, 6.45) is 8.69. The molecule has 0 bridgehead atoms. The molecule has 1 aliphatic carbocycles. The van der Waals surface area contributed by atoms with Crippen molar-refractivity contribution in [3.8, 4) is 0 Å². The second kappa shape index (κ2) is 5.10. The third kappa shape index (κ3) is 2.41. The predicted molar refractivity (Wildman–Crippen MR) is 67.0 cm³/mol. The van der Waals surface area contributed by atoms with E-state index < -0.39 is 0 Å². The second-order valence-corrected chi connectivity index (χ2v) is 5.32. The molecule has 3 unspecified atom stereocenters. The monoisotopic (exact) mass is 249 g/mol. The Labute approximate surface area is 106 Å². The quantitative estimate of drug-likeness (QED) is 0.840. The van der Waals surface area contributed by atoms with Crippen molar-refractivity contribution in [1.29, 1.82) is 0 Å². The molecule has 1 aliphatic heterocycles. The van der Waals surface area contributed by atoms with E-state index in [-0.39, 0.29) is 11.9 Å². The number of carbonyl (C=O) groups is 1. The van der Waals surface area contributed by atoms with Crippen LogP contribution >= 0.6 is 0 Å². The molecule has 5 nitrogen and oxygen atoms in total. The summed E-state index contributed by atoms with van der Waals surface area (Å²) in [6, 6.07) is 2.10. The van der Waals surface area contributed by atoms with E-state index in [4.69, 9.17) is 4.52 Å². The van der Waals surface area contributed by atoms with Gasteiger partial charge in [-0.25, -0.2) is 0 Å². The van der Waals surface area contributed by atoms with E-state index >= 15 is 0 Å². The van der Waals surface area contributed by atoms with Crippen LogP contribution in [0.25, 0.3) is 0 Å². The average Bonchev–Trinajstić information content (AvgIpc) is 2.91. The highest BCUT2D eigenvalue weighted by atomic mass is 16.5. The summed E-state index contributed by atoms with van der Waals surface area (Å²) in [7, 11) is 0. The lowest BCUT2D eigenvalue weighted by atomic mass is 9.77. The van der Waals surface area contributed by atoms with Gasteiger partial charge in [0.1, 0.15) is 6.26 Å². The third-order valence-electron chi connectivity index (χ3n) is 4.16. The lowest BCUT2D eigenvalue weighted by molar-refractivity contribution is -0.119. The predicted octanol–water partition coefficient (Wildman–Crippen LogP) is 1.92. The molecule has 2 N–H and O–H groups in total. The zero-order valence-electron chi connectivity index (χ0n) is 10.4. The lowest BCUT2D eigenvalue weighted by Gasteiger charge is -2.39. The molecule has 2 heterocycles. The van der Waals surface area contributed by atoms with Crippen molar-refractivity contribution in [1.82, 2.24) is 10.5 Å². The Morgan fingerprint density at radius 1 is 1.33 bits per heavy atom. The number of hydrogen-bond donors (Lipinski definition) is 2. The van der Waals surface area contributed by atoms with E-state index in [2.05, 4.69) is 15.8 Å². The Bertz CT molecular complexity index is 404. The van der Waals surface area contributed by atoms with Crippen LogP contribution in [-0.2, 0) is 4.79 Å². The van der Waals surface area contributed by atoms with Crippen LogP contribution in [0.5, 0.6) is 0 Å². The van der Waals surface area contributed by atoms with Crippen LogP contribution in [0.3, 0.4) is 0 Å². The van der Waals surface area contributed by atoms with Crippen molar-refractivity contribution >= 4 is 11.7 Å². The first-order chi connectivity index (χ1) is 8.83. The van der Waals surface area contributed by atoms with Gasteiger partial charge in [0.15, 0.2) is 5.82 Å². The van der Waals surface area contributed by atoms with E-state index in [0.717, 1.165) is 18.8 Å². The number of hydrogen-bond acceptors (Lipinski definition) is 4. The van der Waals surface area contributed by atoms with Gasteiger partial charge in [-0.05, 0) is 31.6 Å². The number of rotatable bonds is 2. The van der Waals surface area contributed by atoms with Crippen LogP contribution < -0.4 is 10.6 Å². The molecule has 1 aromatic heterocycles. The largest absolute Gasteiger partial charge is 0.363 e. The summed E-state index contributed by atoms with van der Waals surface area (Å²) in [6.45, 7) is 0. The van der Waals surface area contributed by atoms with Crippen LogP contribution in [0.15, 0.2) is 16.9 Å². The Hall–Kier alpha value is -1.36. The smallest absolute Gasteiger partial charge is 0.242 e. The molecule has 0 spiro atoms. The first-order valence-corrected chi connectivity index (χ1v) is 6.80. The van der Waals surface area contributed by atoms with E-state index in [1.165, 1.54) is 31.9 Å². The summed E-state index contributed by atoms with van der Waals surface area (Å²) < 4.78 is 4.70. The van der Waals surface area contributed by atoms with Gasteiger partial charge in [-0.2, -0.15) is 0 Å². The molecular weight excluding hydrogens is 230 g/mol. The minimum absolute atomic E-state index is 0.00734. The fraction of sp³-hybridized carbons (Fsp3) is 0.692. The molecule has 0 aromatic carbocycles. The van der Waals surface area contributed by atoms with Crippen molar-refractivity contribution in [3.05, 3.63) is 12.3 Å². The summed E-state index contributed by atoms with van der Waals surface area (Å²) in [5.74, 6) is 1.27. The zero-order chi connectivity index (χ0) is 12.4. The number of carbonyl (C=O) groups excluding carboxylic acids is 1. The molecule has 1 saturated heterocycles. The molecule has 2 fully saturated rings. The number of fused-ring (bicyclic) bond motifs is 1. The number of amides is 1. The topological polar surface area (TPSA) is 67.2 Å². The number of piperidine rings is 1. The van der Waals surface area contributed by atoms with Gasteiger partial charge in [0, 0.05) is 12.1 Å². The van der Waals surface area contributed by atoms with Gasteiger partial charge in [0.2, 0.25) is 5.91 Å². The minimum atomic E-state index is -0.0824. The molecule has 1 amide bonds. The Kier molecular flexibility index (Phi) is 3.32. The molecule has 5 heteroatoms. The Balaban J connectivity index is 1.58. The van der Waals surface area contributed by atoms with Crippen LogP contribution in [-0.4, -0.2) is 23.1 Å². The van der Waals surface area contributed by atoms with Crippen molar-refractivity contribution in [2.24, 2.45) is 5.92 Å². The normalized spacial score (nSPS) is 31.7. The number of nitrogens with one attached hydrogen (secondary N) is 2. The highest BCUT2D eigenvalue weighted by Crippen LogP contribution is 2.32. The van der Waals surface area contributed by atoms with Gasteiger partial charge in [0.25, 0.3) is 0 Å². The summed E-state index contributed by atoms with van der Waals surface area (Å²) in [4.78, 5) is 12.1. The van der Waals surface area contributed by atoms with Crippen LogP contribution in [0.4, 0.5) is 5.82 Å². The second-order valence-electron chi connectivity index (χ2n) is 5.32. The lowest BCUT2D eigenvalue weighted by Crippen LogP contribution is -2.53. The number of nitrogens with zero attached hydrogens (tertiary/aromatic N) is 1. The molecule has 1 saturated carbocycles. The van der Waals surface area contributed by atoms with Crippen molar-refractivity contribution in [3.63, 3.8) is 0 Å². The highest BCUT2D eigenvalue weighted by molar-refractivity contribution is 5.94. The molecule has 18 heavy (non-hydrogen) atoms. The van der Waals surface area contributed by atoms with Crippen molar-refractivity contribution in [2.45, 2.75) is 50.6 Å². The van der Waals surface area contributed by atoms with E-state index in [0.29, 0.717) is 11.9 Å². The van der Waals surface area contributed by atoms with Crippen LogP contribution in [0.2, 0.25) is 0 Å². The fourth-order valence-electron chi connectivity index (χ4n) is 3.19. The van der Waals surface area contributed by atoms with Crippen molar-refractivity contribution < 1.29 is 9.32 Å². The van der Waals surface area contributed by atoms with E-state index in [1.54, 1.807) is 6.07 Å². The summed E-state index contributed by atoms with van der Waals surface area (Å²) in [5, 5.41) is 9.98. The van der Waals surface area contributed by atoms with Crippen LogP contribution in [0, 0.1) is 5.92 Å². The van der Waals surface area contributed by atoms with Gasteiger partial charge in [-0.15, -0.1) is 0 Å². The Morgan fingerprint density at radius 2 is 2.22 bits per heavy atom. The maximum atomic E-state index is 12.1. The number of aromatic nitrogens is 1. The number of anilines is 1. The fourth-order valence-corrected chi connectivity index (χ4v) is 3.19. The molecule has 1 aromatic rings. The average molecular weight is 249 g/mol. The maximum Gasteiger partial charge on any atom is 0.242 e. The van der Waals surface area contributed by atoms with Gasteiger partial charge in [-0.1, -0.05) is 18.0 Å². The van der Waals surface area contributed by atoms with Crippen LogP contribution in [0.1, 0.15) is 38.5 Å². The summed E-state index contributed by atoms with van der Waals surface area (Å²) in [5.41, 5.74) is 0. The van der Waals surface area contributed by atoms with Gasteiger partial charge in [-0.3, -0.25) is 4.79 Å². The highest BCUT2D eigenvalue weighted by Gasteiger charge is 2.34. The molecule has 3 atom stereocenters. The zero-order valence-corrected chi connectivity index (χ0v) is 10.4. The SMILES string of the molecule is O=C(Nc1ccon1)C1CCC2CCCCC2N1. The summed E-state index contributed by atoms with van der Waals surface area (Å²) >= 11 is 0. The molecular formula is C13H19N3O2. The Morgan fingerprint density at radius 3 is 3.06 bits per heavy atom. The maximum absolute atomic E-state index is 12.1. The first-order valence-electron chi connectivity index (χ1n) is 6.80. The molecule has 0 radical (unpaired) electrons. The van der Waals surface area contributed by atoms with E-state index in [9.17, 15) is 4.79 Å². The van der Waals surface area contributed by atoms with Gasteiger partial charge < -0.3 is 15.2 Å². The molecule has 2 aliphatic rings. The van der Waals surface area contributed by atoms with Crippen molar-refractivity contribution in [2.75, 3.05) is 5.32 Å². The third-order valence-corrected chi connectivity index (χ3v) is 4.16. The van der Waals surface area contributed by atoms with Gasteiger partial charge >= 0.3 is 0 Å². The molecule has 98 valence electrons. The first kappa shape index (κ1) is 11.7. The van der Waals surface area contributed by atoms with Gasteiger partial charge in [0.05, 0.1) is 6.04 Å². The minimum Gasteiger partial charge on any atom is -0.363 e. The molecule has 3 rings (SSSR count).